The molecule has 2 saturated heterocycles. The Morgan fingerprint density at radius 1 is 1.22 bits per heavy atom. The van der Waals surface area contributed by atoms with Gasteiger partial charge in [0.25, 0.3) is 0 Å². The van der Waals surface area contributed by atoms with Gasteiger partial charge in [-0.2, -0.15) is 0 Å². The van der Waals surface area contributed by atoms with Crippen LogP contribution in [0.2, 0.25) is 0 Å². The molecule has 2 fully saturated rings. The Morgan fingerprint density at radius 2 is 1.96 bits per heavy atom. The first kappa shape index (κ1) is 18.2. The molecule has 4 nitrogen and oxygen atoms in total. The highest BCUT2D eigenvalue weighted by molar-refractivity contribution is 5.85. The molecule has 1 unspecified atom stereocenters. The number of amides is 1. The van der Waals surface area contributed by atoms with Gasteiger partial charge in [0.05, 0.1) is 13.2 Å². The quantitative estimate of drug-likeness (QED) is 0.915. The van der Waals surface area contributed by atoms with E-state index in [1.165, 1.54) is 5.56 Å². The van der Waals surface area contributed by atoms with Crippen molar-refractivity contribution in [3.63, 3.8) is 0 Å². The van der Waals surface area contributed by atoms with Gasteiger partial charge in [-0.1, -0.05) is 30.3 Å². The van der Waals surface area contributed by atoms with Crippen molar-refractivity contribution < 1.29 is 9.53 Å². The van der Waals surface area contributed by atoms with E-state index in [-0.39, 0.29) is 24.4 Å². The van der Waals surface area contributed by atoms with Gasteiger partial charge in [-0.15, -0.1) is 12.4 Å². The SMILES string of the molecule is Cl.O=C(CC1COCCN1)N1CCC(Cc2ccccc2)CC1. The molecule has 23 heavy (non-hydrogen) atoms. The maximum Gasteiger partial charge on any atom is 0.224 e. The van der Waals surface area contributed by atoms with Gasteiger partial charge < -0.3 is 15.0 Å². The average Bonchev–Trinajstić information content (AvgIpc) is 2.57. The first-order chi connectivity index (χ1) is 10.8. The molecule has 1 atom stereocenters. The molecule has 0 saturated carbocycles. The number of halogens is 1. The predicted molar refractivity (Wildman–Crippen MR) is 93.9 cm³/mol. The smallest absolute Gasteiger partial charge is 0.224 e. The zero-order valence-electron chi connectivity index (χ0n) is 13.6. The Labute approximate surface area is 145 Å². The molecule has 5 heteroatoms. The Morgan fingerprint density at radius 3 is 2.61 bits per heavy atom. The van der Waals surface area contributed by atoms with Crippen molar-refractivity contribution >= 4 is 18.3 Å². The Hall–Kier alpha value is -1.10. The fraction of sp³-hybridized carbons (Fsp3) is 0.611. The van der Waals surface area contributed by atoms with Crippen LogP contribution in [0.5, 0.6) is 0 Å². The van der Waals surface area contributed by atoms with Crippen LogP contribution in [0.3, 0.4) is 0 Å². The van der Waals surface area contributed by atoms with Gasteiger partial charge >= 0.3 is 0 Å². The van der Waals surface area contributed by atoms with Crippen molar-refractivity contribution in [2.45, 2.75) is 31.7 Å². The third kappa shape index (κ3) is 5.48. The van der Waals surface area contributed by atoms with Crippen LogP contribution < -0.4 is 5.32 Å². The summed E-state index contributed by atoms with van der Waals surface area (Å²) >= 11 is 0. The summed E-state index contributed by atoms with van der Waals surface area (Å²) in [4.78, 5) is 14.4. The second kappa shape index (κ2) is 9.26. The zero-order chi connectivity index (χ0) is 15.2. The number of rotatable bonds is 4. The highest BCUT2D eigenvalue weighted by Crippen LogP contribution is 2.22. The lowest BCUT2D eigenvalue weighted by molar-refractivity contribution is -0.133. The number of likely N-dealkylation sites (tertiary alicyclic amines) is 1. The van der Waals surface area contributed by atoms with Crippen molar-refractivity contribution in [3.8, 4) is 0 Å². The summed E-state index contributed by atoms with van der Waals surface area (Å²) in [5, 5.41) is 3.36. The zero-order valence-corrected chi connectivity index (χ0v) is 14.4. The van der Waals surface area contributed by atoms with E-state index in [1.54, 1.807) is 0 Å². The van der Waals surface area contributed by atoms with Crippen molar-refractivity contribution in [1.82, 2.24) is 10.2 Å². The highest BCUT2D eigenvalue weighted by Gasteiger charge is 2.25. The molecule has 1 aromatic rings. The topological polar surface area (TPSA) is 41.6 Å². The van der Waals surface area contributed by atoms with Gasteiger partial charge in [-0.05, 0) is 30.7 Å². The summed E-state index contributed by atoms with van der Waals surface area (Å²) < 4.78 is 5.42. The van der Waals surface area contributed by atoms with Crippen molar-refractivity contribution in [1.29, 1.82) is 0 Å². The molecule has 1 amide bonds. The summed E-state index contributed by atoms with van der Waals surface area (Å²) in [5.74, 6) is 0.990. The minimum Gasteiger partial charge on any atom is -0.378 e. The molecule has 0 spiro atoms. The number of hydrogen-bond acceptors (Lipinski definition) is 3. The van der Waals surface area contributed by atoms with E-state index in [4.69, 9.17) is 4.74 Å². The maximum absolute atomic E-state index is 12.4. The predicted octanol–water partition coefficient (Wildman–Crippen LogP) is 2.27. The first-order valence-corrected chi connectivity index (χ1v) is 8.44. The first-order valence-electron chi connectivity index (χ1n) is 8.44. The summed E-state index contributed by atoms with van der Waals surface area (Å²) in [6.45, 7) is 4.09. The van der Waals surface area contributed by atoms with Gasteiger partial charge in [0, 0.05) is 32.1 Å². The van der Waals surface area contributed by atoms with E-state index in [2.05, 4.69) is 35.6 Å². The lowest BCUT2D eigenvalue weighted by Crippen LogP contribution is -2.46. The van der Waals surface area contributed by atoms with E-state index >= 15 is 0 Å². The molecule has 1 N–H and O–H groups in total. The third-order valence-corrected chi connectivity index (χ3v) is 4.75. The van der Waals surface area contributed by atoms with Crippen LogP contribution in [0.1, 0.15) is 24.8 Å². The van der Waals surface area contributed by atoms with Crippen molar-refractivity contribution in [2.75, 3.05) is 32.8 Å². The summed E-state index contributed by atoms with van der Waals surface area (Å²) in [6.07, 6.45) is 3.95. The van der Waals surface area contributed by atoms with Crippen LogP contribution in [-0.4, -0.2) is 49.7 Å². The lowest BCUT2D eigenvalue weighted by Gasteiger charge is -2.33. The van der Waals surface area contributed by atoms with E-state index in [9.17, 15) is 4.79 Å². The number of carbonyl (C=O) groups is 1. The molecule has 2 aliphatic heterocycles. The van der Waals surface area contributed by atoms with E-state index in [1.807, 2.05) is 4.90 Å². The van der Waals surface area contributed by atoms with Crippen LogP contribution in [0.4, 0.5) is 0 Å². The standard InChI is InChI=1S/C18H26N2O2.ClH/c21-18(13-17-14-22-11-8-19-17)20-9-6-16(7-10-20)12-15-4-2-1-3-5-15;/h1-5,16-17,19H,6-14H2;1H. The van der Waals surface area contributed by atoms with Crippen LogP contribution in [0.25, 0.3) is 0 Å². The molecule has 2 aliphatic rings. The summed E-state index contributed by atoms with van der Waals surface area (Å²) in [6, 6.07) is 10.9. The Kier molecular flexibility index (Phi) is 7.34. The van der Waals surface area contributed by atoms with Crippen molar-refractivity contribution in [2.24, 2.45) is 5.92 Å². The number of carbonyl (C=O) groups excluding carboxylic acids is 1. The van der Waals surface area contributed by atoms with E-state index in [0.717, 1.165) is 45.5 Å². The fourth-order valence-electron chi connectivity index (χ4n) is 3.42. The van der Waals surface area contributed by atoms with Crippen molar-refractivity contribution in [3.05, 3.63) is 35.9 Å². The van der Waals surface area contributed by atoms with Gasteiger partial charge in [-0.25, -0.2) is 0 Å². The molecule has 3 rings (SSSR count). The second-order valence-electron chi connectivity index (χ2n) is 6.44. The number of hydrogen-bond donors (Lipinski definition) is 1. The number of nitrogens with one attached hydrogen (secondary N) is 1. The fourth-order valence-corrected chi connectivity index (χ4v) is 3.42. The van der Waals surface area contributed by atoms with Crippen LogP contribution in [0.15, 0.2) is 30.3 Å². The number of benzene rings is 1. The van der Waals surface area contributed by atoms with Crippen LogP contribution >= 0.6 is 12.4 Å². The monoisotopic (exact) mass is 338 g/mol. The van der Waals surface area contributed by atoms with Crippen LogP contribution in [0, 0.1) is 5.92 Å². The van der Waals surface area contributed by atoms with Crippen LogP contribution in [-0.2, 0) is 16.0 Å². The molecule has 2 heterocycles. The summed E-state index contributed by atoms with van der Waals surface area (Å²) in [5.41, 5.74) is 1.41. The number of morpholine rings is 1. The molecular formula is C18H27ClN2O2. The highest BCUT2D eigenvalue weighted by atomic mass is 35.5. The molecule has 0 aliphatic carbocycles. The average molecular weight is 339 g/mol. The maximum atomic E-state index is 12.4. The molecule has 128 valence electrons. The van der Waals surface area contributed by atoms with E-state index < -0.39 is 0 Å². The molecule has 0 bridgehead atoms. The molecule has 1 aromatic carbocycles. The second-order valence-corrected chi connectivity index (χ2v) is 6.44. The number of ether oxygens (including phenoxy) is 1. The van der Waals surface area contributed by atoms with E-state index in [0.29, 0.717) is 18.9 Å². The van der Waals surface area contributed by atoms with Gasteiger partial charge in [-0.3, -0.25) is 4.79 Å². The Balaban J connectivity index is 0.00000192. The number of nitrogens with zero attached hydrogens (tertiary/aromatic N) is 1. The largest absolute Gasteiger partial charge is 0.378 e. The minimum absolute atomic E-state index is 0. The number of piperidine rings is 1. The third-order valence-electron chi connectivity index (χ3n) is 4.75. The lowest BCUT2D eigenvalue weighted by atomic mass is 9.90. The normalized spacial score (nSPS) is 22.4. The molecule has 0 aromatic heterocycles. The molecule has 0 radical (unpaired) electrons. The summed E-state index contributed by atoms with van der Waals surface area (Å²) in [7, 11) is 0. The molecular weight excluding hydrogens is 312 g/mol. The Bertz CT molecular complexity index is 469. The van der Waals surface area contributed by atoms with Gasteiger partial charge in [0.1, 0.15) is 0 Å². The minimum atomic E-state index is 0. The van der Waals surface area contributed by atoms with Gasteiger partial charge in [0.15, 0.2) is 0 Å². The van der Waals surface area contributed by atoms with Gasteiger partial charge in [0.2, 0.25) is 5.91 Å².